The van der Waals surface area contributed by atoms with Gasteiger partial charge in [-0.1, -0.05) is 23.7 Å². The highest BCUT2D eigenvalue weighted by Crippen LogP contribution is 2.49. The van der Waals surface area contributed by atoms with Crippen LogP contribution in [0.15, 0.2) is 24.3 Å². The highest BCUT2D eigenvalue weighted by atomic mass is 35.5. The van der Waals surface area contributed by atoms with Gasteiger partial charge in [0, 0.05) is 36.6 Å². The second kappa shape index (κ2) is 6.68. The third kappa shape index (κ3) is 3.34. The summed E-state index contributed by atoms with van der Waals surface area (Å²) in [6, 6.07) is 8.39. The van der Waals surface area contributed by atoms with Crippen molar-refractivity contribution in [3.05, 3.63) is 34.9 Å². The molecule has 4 rings (SSSR count). The zero-order valence-electron chi connectivity index (χ0n) is 14.3. The summed E-state index contributed by atoms with van der Waals surface area (Å²) in [5.74, 6) is 0.631. The maximum atomic E-state index is 12.7. The van der Waals surface area contributed by atoms with E-state index in [4.69, 9.17) is 11.6 Å². The Balaban J connectivity index is 1.39. The van der Waals surface area contributed by atoms with Crippen molar-refractivity contribution >= 4 is 17.5 Å². The van der Waals surface area contributed by atoms with Gasteiger partial charge < -0.3 is 9.80 Å². The van der Waals surface area contributed by atoms with Crippen LogP contribution in [-0.4, -0.2) is 48.4 Å². The minimum Gasteiger partial charge on any atom is -0.342 e. The number of hydrogen-bond donors (Lipinski definition) is 0. The van der Waals surface area contributed by atoms with Gasteiger partial charge in [-0.25, -0.2) is 0 Å². The van der Waals surface area contributed by atoms with Crippen molar-refractivity contribution in [2.24, 2.45) is 5.92 Å². The molecule has 0 aromatic heterocycles. The molecule has 0 unspecified atom stereocenters. The van der Waals surface area contributed by atoms with E-state index in [0.29, 0.717) is 11.3 Å². The molecule has 1 saturated carbocycles. The Morgan fingerprint density at radius 2 is 1.79 bits per heavy atom. The van der Waals surface area contributed by atoms with Crippen molar-refractivity contribution < 1.29 is 4.79 Å². The van der Waals surface area contributed by atoms with E-state index in [1.807, 2.05) is 12.1 Å². The number of amides is 1. The molecule has 3 nitrogen and oxygen atoms in total. The molecule has 1 amide bonds. The molecule has 2 heterocycles. The number of benzene rings is 1. The van der Waals surface area contributed by atoms with E-state index in [2.05, 4.69) is 21.9 Å². The van der Waals surface area contributed by atoms with Crippen molar-refractivity contribution in [2.45, 2.75) is 43.9 Å². The van der Waals surface area contributed by atoms with Crippen LogP contribution in [0.25, 0.3) is 0 Å². The first-order chi connectivity index (χ1) is 11.7. The Labute approximate surface area is 150 Å². The van der Waals surface area contributed by atoms with Crippen LogP contribution < -0.4 is 0 Å². The molecular formula is C20H27ClN2O. The summed E-state index contributed by atoms with van der Waals surface area (Å²) in [4.78, 5) is 17.4. The van der Waals surface area contributed by atoms with Gasteiger partial charge in [0.05, 0.1) is 5.92 Å². The fraction of sp³-hybridized carbons (Fsp3) is 0.650. The topological polar surface area (TPSA) is 23.6 Å². The first-order valence-electron chi connectivity index (χ1n) is 9.44. The summed E-state index contributed by atoms with van der Waals surface area (Å²) in [6.07, 6.45) is 7.11. The van der Waals surface area contributed by atoms with E-state index < -0.39 is 0 Å². The lowest BCUT2D eigenvalue weighted by Crippen LogP contribution is -2.46. The van der Waals surface area contributed by atoms with Gasteiger partial charge in [-0.2, -0.15) is 0 Å². The van der Waals surface area contributed by atoms with Gasteiger partial charge in [-0.05, 0) is 62.8 Å². The van der Waals surface area contributed by atoms with Crippen molar-refractivity contribution in [3.8, 4) is 0 Å². The average molecular weight is 347 g/mol. The van der Waals surface area contributed by atoms with E-state index in [-0.39, 0.29) is 5.92 Å². The monoisotopic (exact) mass is 346 g/mol. The summed E-state index contributed by atoms with van der Waals surface area (Å²) in [5.41, 5.74) is 1.73. The van der Waals surface area contributed by atoms with Crippen LogP contribution in [0.3, 0.4) is 0 Å². The van der Waals surface area contributed by atoms with E-state index in [1.165, 1.54) is 31.2 Å². The van der Waals surface area contributed by atoms with Crippen LogP contribution in [0.5, 0.6) is 0 Å². The van der Waals surface area contributed by atoms with Gasteiger partial charge in [0.15, 0.2) is 0 Å². The predicted molar refractivity (Wildman–Crippen MR) is 97.3 cm³/mol. The average Bonchev–Trinajstić information content (AvgIpc) is 3.17. The molecule has 3 aliphatic rings. The predicted octanol–water partition coefficient (Wildman–Crippen LogP) is 3.71. The lowest BCUT2D eigenvalue weighted by molar-refractivity contribution is -0.136. The molecule has 2 aliphatic heterocycles. The smallest absolute Gasteiger partial charge is 0.226 e. The number of likely N-dealkylation sites (tertiary alicyclic amines) is 2. The van der Waals surface area contributed by atoms with E-state index in [1.54, 1.807) is 0 Å². The minimum atomic E-state index is 0.220. The number of nitrogens with zero attached hydrogens (tertiary/aromatic N) is 2. The standard InChI is InChI=1S/C20H27ClN2O/c21-18-7-5-17(6-8-18)20(9-10-20)15-22-11-3-4-16(14-22)19(24)23-12-1-2-13-23/h5-8,16H,1-4,9-15H2/t16-/m0/s1. The van der Waals surface area contributed by atoms with Crippen LogP contribution in [-0.2, 0) is 10.2 Å². The van der Waals surface area contributed by atoms with Crippen LogP contribution in [0.4, 0.5) is 0 Å². The van der Waals surface area contributed by atoms with E-state index in [9.17, 15) is 4.79 Å². The number of rotatable bonds is 4. The molecule has 1 atom stereocenters. The summed E-state index contributed by atoms with van der Waals surface area (Å²) >= 11 is 6.04. The molecule has 0 bridgehead atoms. The van der Waals surface area contributed by atoms with Crippen LogP contribution in [0, 0.1) is 5.92 Å². The fourth-order valence-electron chi connectivity index (χ4n) is 4.52. The molecular weight excluding hydrogens is 320 g/mol. The number of hydrogen-bond acceptors (Lipinski definition) is 2. The van der Waals surface area contributed by atoms with E-state index >= 15 is 0 Å². The first kappa shape index (κ1) is 16.4. The molecule has 0 radical (unpaired) electrons. The maximum absolute atomic E-state index is 12.7. The first-order valence-corrected chi connectivity index (χ1v) is 9.81. The maximum Gasteiger partial charge on any atom is 0.226 e. The van der Waals surface area contributed by atoms with Gasteiger partial charge in [0.2, 0.25) is 5.91 Å². The van der Waals surface area contributed by atoms with E-state index in [0.717, 1.165) is 50.6 Å². The second-order valence-electron chi connectivity index (χ2n) is 7.89. The Kier molecular flexibility index (Phi) is 4.57. The van der Waals surface area contributed by atoms with Crippen LogP contribution in [0.2, 0.25) is 5.02 Å². The molecule has 3 fully saturated rings. The van der Waals surface area contributed by atoms with Gasteiger partial charge in [-0.15, -0.1) is 0 Å². The Morgan fingerprint density at radius 1 is 1.08 bits per heavy atom. The van der Waals surface area contributed by atoms with Crippen LogP contribution in [0.1, 0.15) is 44.1 Å². The Bertz CT molecular complexity index is 590. The summed E-state index contributed by atoms with van der Waals surface area (Å²) in [6.45, 7) is 5.14. The summed E-state index contributed by atoms with van der Waals surface area (Å²) in [7, 11) is 0. The molecule has 130 valence electrons. The zero-order valence-corrected chi connectivity index (χ0v) is 15.1. The molecule has 4 heteroatoms. The molecule has 24 heavy (non-hydrogen) atoms. The number of piperidine rings is 1. The number of carbonyl (C=O) groups excluding carboxylic acids is 1. The van der Waals surface area contributed by atoms with Crippen molar-refractivity contribution in [3.63, 3.8) is 0 Å². The second-order valence-corrected chi connectivity index (χ2v) is 8.33. The quantitative estimate of drug-likeness (QED) is 0.829. The molecule has 1 aliphatic carbocycles. The lowest BCUT2D eigenvalue weighted by atomic mass is 9.91. The van der Waals surface area contributed by atoms with Crippen molar-refractivity contribution in [1.82, 2.24) is 9.80 Å². The molecule has 1 aromatic carbocycles. The highest BCUT2D eigenvalue weighted by Gasteiger charge is 2.46. The number of halogens is 1. The number of carbonyl (C=O) groups is 1. The molecule has 1 aromatic rings. The van der Waals surface area contributed by atoms with Gasteiger partial charge in [0.25, 0.3) is 0 Å². The molecule has 0 spiro atoms. The van der Waals surface area contributed by atoms with Crippen molar-refractivity contribution in [2.75, 3.05) is 32.7 Å². The van der Waals surface area contributed by atoms with Crippen LogP contribution >= 0.6 is 11.6 Å². The Morgan fingerprint density at radius 3 is 2.46 bits per heavy atom. The van der Waals surface area contributed by atoms with Gasteiger partial charge in [0.1, 0.15) is 0 Å². The minimum absolute atomic E-state index is 0.220. The molecule has 0 N–H and O–H groups in total. The van der Waals surface area contributed by atoms with Gasteiger partial charge in [-0.3, -0.25) is 4.79 Å². The lowest BCUT2D eigenvalue weighted by Gasteiger charge is -2.36. The molecule has 2 saturated heterocycles. The largest absolute Gasteiger partial charge is 0.342 e. The summed E-state index contributed by atoms with van der Waals surface area (Å²) < 4.78 is 0. The fourth-order valence-corrected chi connectivity index (χ4v) is 4.64. The van der Waals surface area contributed by atoms with Crippen molar-refractivity contribution in [1.29, 1.82) is 0 Å². The normalized spacial score (nSPS) is 26.5. The third-order valence-electron chi connectivity index (χ3n) is 6.11. The third-order valence-corrected chi connectivity index (χ3v) is 6.36. The highest BCUT2D eigenvalue weighted by molar-refractivity contribution is 6.30. The summed E-state index contributed by atoms with van der Waals surface area (Å²) in [5, 5.41) is 0.809. The van der Waals surface area contributed by atoms with Gasteiger partial charge >= 0.3 is 0 Å². The SMILES string of the molecule is O=C([C@H]1CCCN(CC2(c3ccc(Cl)cc3)CC2)C1)N1CCCC1. The Hall–Kier alpha value is -1.06. The zero-order chi connectivity index (χ0) is 16.6.